The van der Waals surface area contributed by atoms with Crippen LogP contribution in [0.25, 0.3) is 10.9 Å². The minimum absolute atomic E-state index is 0.0221. The summed E-state index contributed by atoms with van der Waals surface area (Å²) in [5, 5.41) is 10.2. The minimum Gasteiger partial charge on any atom is -0.390 e. The maximum Gasteiger partial charge on any atom is 0.0854 e. The van der Waals surface area contributed by atoms with E-state index in [1.54, 1.807) is 0 Å². The molecule has 1 heterocycles. The van der Waals surface area contributed by atoms with E-state index in [9.17, 15) is 0 Å². The quantitative estimate of drug-likeness (QED) is 0.806. The fraction of sp³-hybridized carbons (Fsp3) is 0.250. The van der Waals surface area contributed by atoms with E-state index in [0.29, 0.717) is 5.69 Å². The third-order valence-corrected chi connectivity index (χ3v) is 2.39. The van der Waals surface area contributed by atoms with E-state index in [0.717, 1.165) is 16.6 Å². The van der Waals surface area contributed by atoms with Gasteiger partial charge in [0.25, 0.3) is 0 Å². The topological polar surface area (TPSA) is 36.4 Å². The van der Waals surface area contributed by atoms with Crippen LogP contribution in [-0.2, 0) is 6.61 Å². The summed E-state index contributed by atoms with van der Waals surface area (Å²) in [5.74, 6) is 0. The Morgan fingerprint density at radius 1 is 1.27 bits per heavy atom. The summed E-state index contributed by atoms with van der Waals surface area (Å²) in [7, 11) is 3.98. The molecule has 0 aliphatic rings. The van der Waals surface area contributed by atoms with Gasteiger partial charge in [-0.1, -0.05) is 18.2 Å². The first kappa shape index (κ1) is 9.93. The van der Waals surface area contributed by atoms with Crippen LogP contribution in [0, 0.1) is 0 Å². The summed E-state index contributed by atoms with van der Waals surface area (Å²) in [6.45, 7) is -0.0221. The number of fused-ring (bicyclic) bond motifs is 1. The Morgan fingerprint density at radius 3 is 2.67 bits per heavy atom. The zero-order chi connectivity index (χ0) is 10.8. The molecule has 3 heteroatoms. The highest BCUT2D eigenvalue weighted by atomic mass is 16.3. The van der Waals surface area contributed by atoms with Crippen molar-refractivity contribution in [3.05, 3.63) is 36.0 Å². The number of anilines is 1. The summed E-state index contributed by atoms with van der Waals surface area (Å²) in [5.41, 5.74) is 2.72. The smallest absolute Gasteiger partial charge is 0.0854 e. The third kappa shape index (κ3) is 1.78. The van der Waals surface area contributed by atoms with Gasteiger partial charge >= 0.3 is 0 Å². The Balaban J connectivity index is 2.74. The molecule has 0 aliphatic carbocycles. The van der Waals surface area contributed by atoms with Gasteiger partial charge in [0.15, 0.2) is 0 Å². The fourth-order valence-electron chi connectivity index (χ4n) is 1.66. The van der Waals surface area contributed by atoms with Gasteiger partial charge in [-0.15, -0.1) is 0 Å². The minimum atomic E-state index is -0.0221. The lowest BCUT2D eigenvalue weighted by Gasteiger charge is -2.16. The molecule has 0 fully saturated rings. The van der Waals surface area contributed by atoms with Crippen LogP contribution in [0.1, 0.15) is 5.69 Å². The van der Waals surface area contributed by atoms with Crippen molar-refractivity contribution in [3.8, 4) is 0 Å². The summed E-state index contributed by atoms with van der Waals surface area (Å²) >= 11 is 0. The zero-order valence-electron chi connectivity index (χ0n) is 8.94. The molecule has 1 N–H and O–H groups in total. The number of aliphatic hydroxyl groups excluding tert-OH is 1. The van der Waals surface area contributed by atoms with Gasteiger partial charge in [0.05, 0.1) is 17.8 Å². The number of rotatable bonds is 2. The first-order chi connectivity index (χ1) is 7.22. The molecule has 1 aromatic carbocycles. The van der Waals surface area contributed by atoms with E-state index < -0.39 is 0 Å². The molecule has 1 aromatic heterocycles. The van der Waals surface area contributed by atoms with Crippen molar-refractivity contribution in [1.29, 1.82) is 0 Å². The SMILES string of the molecule is CN(C)c1cc(CO)nc2ccccc12. The van der Waals surface area contributed by atoms with Crippen LogP contribution in [0.2, 0.25) is 0 Å². The number of aromatic nitrogens is 1. The molecular weight excluding hydrogens is 188 g/mol. The Bertz CT molecular complexity index is 480. The maximum atomic E-state index is 9.12. The predicted octanol–water partition coefficient (Wildman–Crippen LogP) is 1.79. The molecule has 0 amide bonds. The van der Waals surface area contributed by atoms with Crippen LogP contribution < -0.4 is 4.90 Å². The van der Waals surface area contributed by atoms with Crippen molar-refractivity contribution in [3.63, 3.8) is 0 Å². The van der Waals surface area contributed by atoms with Crippen LogP contribution in [0.5, 0.6) is 0 Å². The van der Waals surface area contributed by atoms with Crippen molar-refractivity contribution in [2.75, 3.05) is 19.0 Å². The molecule has 78 valence electrons. The molecule has 15 heavy (non-hydrogen) atoms. The molecule has 2 aromatic rings. The molecule has 0 atom stereocenters. The number of hydrogen-bond acceptors (Lipinski definition) is 3. The molecule has 0 unspecified atom stereocenters. The zero-order valence-corrected chi connectivity index (χ0v) is 8.94. The van der Waals surface area contributed by atoms with Crippen LogP contribution in [-0.4, -0.2) is 24.2 Å². The highest BCUT2D eigenvalue weighted by Crippen LogP contribution is 2.24. The van der Waals surface area contributed by atoms with E-state index in [1.807, 2.05) is 49.3 Å². The molecule has 0 aliphatic heterocycles. The van der Waals surface area contributed by atoms with Crippen LogP contribution in [0.4, 0.5) is 5.69 Å². The standard InChI is InChI=1S/C12H14N2O/c1-14(2)12-7-9(8-15)13-11-6-4-3-5-10(11)12/h3-7,15H,8H2,1-2H3. The van der Waals surface area contributed by atoms with Gasteiger partial charge in [-0.25, -0.2) is 0 Å². The molecule has 3 nitrogen and oxygen atoms in total. The van der Waals surface area contributed by atoms with Gasteiger partial charge in [0.2, 0.25) is 0 Å². The largest absolute Gasteiger partial charge is 0.390 e. The van der Waals surface area contributed by atoms with Crippen molar-refractivity contribution >= 4 is 16.6 Å². The monoisotopic (exact) mass is 202 g/mol. The number of pyridine rings is 1. The number of para-hydroxylation sites is 1. The lowest BCUT2D eigenvalue weighted by Crippen LogP contribution is -2.10. The summed E-state index contributed by atoms with van der Waals surface area (Å²) in [6, 6.07) is 9.87. The number of benzene rings is 1. The molecule has 0 saturated heterocycles. The number of aliphatic hydroxyl groups is 1. The van der Waals surface area contributed by atoms with E-state index in [2.05, 4.69) is 4.98 Å². The lowest BCUT2D eigenvalue weighted by molar-refractivity contribution is 0.277. The first-order valence-corrected chi connectivity index (χ1v) is 4.89. The predicted molar refractivity (Wildman–Crippen MR) is 62.0 cm³/mol. The second-order valence-corrected chi connectivity index (χ2v) is 3.70. The van der Waals surface area contributed by atoms with Gasteiger partial charge in [0, 0.05) is 25.2 Å². The van der Waals surface area contributed by atoms with Crippen molar-refractivity contribution < 1.29 is 5.11 Å². The molecule has 2 rings (SSSR count). The van der Waals surface area contributed by atoms with Gasteiger partial charge < -0.3 is 10.0 Å². The fourth-order valence-corrected chi connectivity index (χ4v) is 1.66. The lowest BCUT2D eigenvalue weighted by atomic mass is 10.1. The normalized spacial score (nSPS) is 10.6. The summed E-state index contributed by atoms with van der Waals surface area (Å²) in [6.07, 6.45) is 0. The van der Waals surface area contributed by atoms with Gasteiger partial charge in [-0.05, 0) is 12.1 Å². The van der Waals surface area contributed by atoms with Crippen molar-refractivity contribution in [2.45, 2.75) is 6.61 Å². The summed E-state index contributed by atoms with van der Waals surface area (Å²) in [4.78, 5) is 6.39. The van der Waals surface area contributed by atoms with E-state index in [1.165, 1.54) is 0 Å². The highest BCUT2D eigenvalue weighted by molar-refractivity contribution is 5.91. The van der Waals surface area contributed by atoms with Crippen molar-refractivity contribution in [2.24, 2.45) is 0 Å². The van der Waals surface area contributed by atoms with Gasteiger partial charge in [-0.3, -0.25) is 4.98 Å². The van der Waals surface area contributed by atoms with Gasteiger partial charge in [-0.2, -0.15) is 0 Å². The summed E-state index contributed by atoms with van der Waals surface area (Å²) < 4.78 is 0. The third-order valence-electron chi connectivity index (χ3n) is 2.39. The Morgan fingerprint density at radius 2 is 2.00 bits per heavy atom. The maximum absolute atomic E-state index is 9.12. The van der Waals surface area contributed by atoms with Crippen LogP contribution in [0.15, 0.2) is 30.3 Å². The van der Waals surface area contributed by atoms with Crippen LogP contribution in [0.3, 0.4) is 0 Å². The van der Waals surface area contributed by atoms with E-state index in [4.69, 9.17) is 5.11 Å². The highest BCUT2D eigenvalue weighted by Gasteiger charge is 2.05. The molecule has 0 radical (unpaired) electrons. The van der Waals surface area contributed by atoms with E-state index in [-0.39, 0.29) is 6.61 Å². The van der Waals surface area contributed by atoms with Crippen molar-refractivity contribution in [1.82, 2.24) is 4.98 Å². The number of nitrogens with zero attached hydrogens (tertiary/aromatic N) is 2. The van der Waals surface area contributed by atoms with E-state index >= 15 is 0 Å². The molecule has 0 spiro atoms. The van der Waals surface area contributed by atoms with Gasteiger partial charge in [0.1, 0.15) is 0 Å². The Hall–Kier alpha value is -1.61. The second-order valence-electron chi connectivity index (χ2n) is 3.70. The first-order valence-electron chi connectivity index (χ1n) is 4.89. The average molecular weight is 202 g/mol. The molecule has 0 bridgehead atoms. The molecule has 0 saturated carbocycles. The average Bonchev–Trinajstić information content (AvgIpc) is 2.27. The molecular formula is C12H14N2O. The van der Waals surface area contributed by atoms with Crippen LogP contribution >= 0.6 is 0 Å². The Kier molecular flexibility index (Phi) is 2.56. The Labute approximate surface area is 89.0 Å². The number of hydrogen-bond donors (Lipinski definition) is 1. The second kappa shape index (κ2) is 3.87.